The molecule has 0 aliphatic carbocycles. The molecule has 0 unspecified atom stereocenters. The van der Waals surface area contributed by atoms with E-state index in [1.54, 1.807) is 0 Å². The summed E-state index contributed by atoms with van der Waals surface area (Å²) in [6.45, 7) is 2.11. The van der Waals surface area contributed by atoms with Crippen LogP contribution in [0.15, 0.2) is 18.2 Å². The van der Waals surface area contributed by atoms with Crippen LogP contribution >= 0.6 is 11.6 Å². The van der Waals surface area contributed by atoms with E-state index < -0.39 is 11.7 Å². The van der Waals surface area contributed by atoms with Crippen LogP contribution in [-0.2, 0) is 12.6 Å². The van der Waals surface area contributed by atoms with Gasteiger partial charge < -0.3 is 0 Å². The van der Waals surface area contributed by atoms with Gasteiger partial charge in [-0.1, -0.05) is 50.3 Å². The van der Waals surface area contributed by atoms with E-state index in [1.807, 2.05) is 0 Å². The Morgan fingerprint density at radius 3 is 2.33 bits per heavy atom. The zero-order chi connectivity index (χ0) is 13.6. The maximum atomic E-state index is 12.8. The van der Waals surface area contributed by atoms with Crippen molar-refractivity contribution in [2.45, 2.75) is 51.6 Å². The zero-order valence-electron chi connectivity index (χ0n) is 10.5. The summed E-state index contributed by atoms with van der Waals surface area (Å²) in [6, 6.07) is 4.03. The van der Waals surface area contributed by atoms with Crippen LogP contribution in [0.3, 0.4) is 0 Å². The van der Waals surface area contributed by atoms with Gasteiger partial charge in [-0.3, -0.25) is 0 Å². The quantitative estimate of drug-likeness (QED) is 0.571. The standard InChI is InChI=1S/C14H18ClF3/c1-2-3-4-5-6-7-11-8-9-12(15)10-13(11)14(16,17)18/h8-10H,2-7H2,1H3. The van der Waals surface area contributed by atoms with Gasteiger partial charge in [-0.25, -0.2) is 0 Å². The molecule has 0 aliphatic rings. The van der Waals surface area contributed by atoms with Gasteiger partial charge >= 0.3 is 6.18 Å². The topological polar surface area (TPSA) is 0 Å². The smallest absolute Gasteiger partial charge is 0.166 e. The average molecular weight is 279 g/mol. The van der Waals surface area contributed by atoms with Gasteiger partial charge in [0.2, 0.25) is 0 Å². The molecule has 102 valence electrons. The van der Waals surface area contributed by atoms with Gasteiger partial charge in [0.05, 0.1) is 5.56 Å². The molecule has 0 saturated heterocycles. The highest BCUT2D eigenvalue weighted by Crippen LogP contribution is 2.34. The van der Waals surface area contributed by atoms with Crippen molar-refractivity contribution in [3.8, 4) is 0 Å². The molecule has 1 rings (SSSR count). The largest absolute Gasteiger partial charge is 0.416 e. The Hall–Kier alpha value is -0.700. The number of alkyl halides is 3. The second-order valence-corrected chi connectivity index (χ2v) is 4.90. The van der Waals surface area contributed by atoms with Crippen LogP contribution in [0.25, 0.3) is 0 Å². The molecule has 0 N–H and O–H groups in total. The van der Waals surface area contributed by atoms with E-state index in [4.69, 9.17) is 11.6 Å². The van der Waals surface area contributed by atoms with E-state index in [1.165, 1.54) is 12.1 Å². The van der Waals surface area contributed by atoms with Crippen LogP contribution < -0.4 is 0 Å². The zero-order valence-corrected chi connectivity index (χ0v) is 11.2. The summed E-state index contributed by atoms with van der Waals surface area (Å²) in [5.41, 5.74) is -0.242. The first kappa shape index (κ1) is 15.4. The van der Waals surface area contributed by atoms with Gasteiger partial charge in [0.25, 0.3) is 0 Å². The van der Waals surface area contributed by atoms with Crippen LogP contribution in [0.2, 0.25) is 5.02 Å². The third-order valence-corrected chi connectivity index (χ3v) is 3.16. The molecule has 0 bridgehead atoms. The molecule has 1 aromatic carbocycles. The Balaban J connectivity index is 2.65. The number of hydrogen-bond acceptors (Lipinski definition) is 0. The summed E-state index contributed by atoms with van der Waals surface area (Å²) >= 11 is 5.63. The maximum absolute atomic E-state index is 12.8. The average Bonchev–Trinajstić information content (AvgIpc) is 2.29. The lowest BCUT2D eigenvalue weighted by molar-refractivity contribution is -0.138. The Morgan fingerprint density at radius 1 is 1.06 bits per heavy atom. The molecule has 0 fully saturated rings. The van der Waals surface area contributed by atoms with Gasteiger partial charge in [0.1, 0.15) is 0 Å². The number of rotatable bonds is 6. The molecule has 1 aromatic rings. The van der Waals surface area contributed by atoms with Crippen molar-refractivity contribution in [2.75, 3.05) is 0 Å². The number of aryl methyl sites for hydroxylation is 1. The van der Waals surface area contributed by atoms with Gasteiger partial charge in [-0.05, 0) is 30.5 Å². The number of unbranched alkanes of at least 4 members (excludes halogenated alkanes) is 4. The van der Waals surface area contributed by atoms with Gasteiger partial charge in [0.15, 0.2) is 0 Å². The second-order valence-electron chi connectivity index (χ2n) is 4.46. The third-order valence-electron chi connectivity index (χ3n) is 2.93. The SMILES string of the molecule is CCCCCCCc1ccc(Cl)cc1C(F)(F)F. The van der Waals surface area contributed by atoms with Crippen LogP contribution in [-0.4, -0.2) is 0 Å². The Kier molecular flexibility index (Phi) is 6.00. The van der Waals surface area contributed by atoms with Crippen LogP contribution in [0.4, 0.5) is 13.2 Å². The third kappa shape index (κ3) is 4.89. The summed E-state index contributed by atoms with van der Waals surface area (Å²) in [5, 5.41) is 0.136. The highest BCUT2D eigenvalue weighted by Gasteiger charge is 2.33. The van der Waals surface area contributed by atoms with Crippen molar-refractivity contribution in [1.82, 2.24) is 0 Å². The monoisotopic (exact) mass is 278 g/mol. The number of hydrogen-bond donors (Lipinski definition) is 0. The lowest BCUT2D eigenvalue weighted by Gasteiger charge is -2.13. The van der Waals surface area contributed by atoms with Crippen molar-refractivity contribution < 1.29 is 13.2 Å². The van der Waals surface area contributed by atoms with E-state index >= 15 is 0 Å². The first-order valence-electron chi connectivity index (χ1n) is 6.30. The minimum absolute atomic E-state index is 0.136. The minimum atomic E-state index is -4.32. The molecule has 0 radical (unpaired) electrons. The molecular weight excluding hydrogens is 261 g/mol. The molecule has 0 aliphatic heterocycles. The lowest BCUT2D eigenvalue weighted by atomic mass is 10.0. The van der Waals surface area contributed by atoms with Gasteiger partial charge in [0, 0.05) is 5.02 Å². The molecule has 0 heterocycles. The highest BCUT2D eigenvalue weighted by atomic mass is 35.5. The molecule has 0 saturated carbocycles. The summed E-state index contributed by atoms with van der Waals surface area (Å²) < 4.78 is 38.4. The second kappa shape index (κ2) is 7.03. The van der Waals surface area contributed by atoms with Crippen molar-refractivity contribution in [3.63, 3.8) is 0 Å². The Bertz CT molecular complexity index is 372. The molecule has 0 spiro atoms. The fraction of sp³-hybridized carbons (Fsp3) is 0.571. The molecule has 0 nitrogen and oxygen atoms in total. The van der Waals surface area contributed by atoms with E-state index in [9.17, 15) is 13.2 Å². The fourth-order valence-corrected chi connectivity index (χ4v) is 2.12. The molecule has 18 heavy (non-hydrogen) atoms. The predicted octanol–water partition coefficient (Wildman–Crippen LogP) is 5.87. The lowest BCUT2D eigenvalue weighted by Crippen LogP contribution is -2.09. The Labute approximate surface area is 111 Å². The van der Waals surface area contributed by atoms with Crippen molar-refractivity contribution in [1.29, 1.82) is 0 Å². The fourth-order valence-electron chi connectivity index (χ4n) is 1.95. The van der Waals surface area contributed by atoms with Gasteiger partial charge in [-0.2, -0.15) is 13.2 Å². The van der Waals surface area contributed by atoms with Crippen LogP contribution in [0, 0.1) is 0 Å². The molecule has 0 aromatic heterocycles. The molecule has 0 atom stereocenters. The molecular formula is C14H18ClF3. The molecule has 4 heteroatoms. The van der Waals surface area contributed by atoms with Gasteiger partial charge in [-0.15, -0.1) is 0 Å². The predicted molar refractivity (Wildman–Crippen MR) is 68.9 cm³/mol. The maximum Gasteiger partial charge on any atom is 0.416 e. The van der Waals surface area contributed by atoms with Crippen molar-refractivity contribution in [3.05, 3.63) is 34.3 Å². The molecule has 0 amide bonds. The van der Waals surface area contributed by atoms with E-state index in [0.29, 0.717) is 12.0 Å². The summed E-state index contributed by atoms with van der Waals surface area (Å²) in [6.07, 6.45) is 1.30. The first-order chi connectivity index (χ1) is 8.45. The summed E-state index contributed by atoms with van der Waals surface area (Å²) in [7, 11) is 0. The Morgan fingerprint density at radius 2 is 1.72 bits per heavy atom. The van der Waals surface area contributed by atoms with Crippen molar-refractivity contribution >= 4 is 11.6 Å². The van der Waals surface area contributed by atoms with E-state index in [2.05, 4.69) is 6.92 Å². The number of benzene rings is 1. The summed E-state index contributed by atoms with van der Waals surface area (Å²) in [4.78, 5) is 0. The number of halogens is 4. The van der Waals surface area contributed by atoms with E-state index in [-0.39, 0.29) is 5.02 Å². The van der Waals surface area contributed by atoms with Crippen LogP contribution in [0.1, 0.15) is 50.2 Å². The summed E-state index contributed by atoms with van der Waals surface area (Å²) in [5.74, 6) is 0. The minimum Gasteiger partial charge on any atom is -0.166 e. The van der Waals surface area contributed by atoms with Crippen LogP contribution in [0.5, 0.6) is 0 Å². The first-order valence-corrected chi connectivity index (χ1v) is 6.68. The highest BCUT2D eigenvalue weighted by molar-refractivity contribution is 6.30. The van der Waals surface area contributed by atoms with Crippen molar-refractivity contribution in [2.24, 2.45) is 0 Å². The van der Waals surface area contributed by atoms with E-state index in [0.717, 1.165) is 38.2 Å². The normalized spacial score (nSPS) is 11.8.